The van der Waals surface area contributed by atoms with Gasteiger partial charge in [-0.1, -0.05) is 32.9 Å². The quantitative estimate of drug-likeness (QED) is 0.839. The van der Waals surface area contributed by atoms with Crippen molar-refractivity contribution >= 4 is 11.0 Å². The van der Waals surface area contributed by atoms with Gasteiger partial charge in [-0.2, -0.15) is 0 Å². The zero-order valence-corrected chi connectivity index (χ0v) is 15.0. The lowest BCUT2D eigenvalue weighted by Crippen LogP contribution is -2.45. The smallest absolute Gasteiger partial charge is 0.128 e. The van der Waals surface area contributed by atoms with Crippen molar-refractivity contribution in [2.75, 3.05) is 33.2 Å². The summed E-state index contributed by atoms with van der Waals surface area (Å²) < 4.78 is 15.0. The van der Waals surface area contributed by atoms with Crippen LogP contribution in [0, 0.1) is 13.8 Å². The van der Waals surface area contributed by atoms with Crippen LogP contribution in [-0.2, 0) is 16.4 Å². The molecular formula is C17H28N2OS. The molecule has 1 saturated heterocycles. The van der Waals surface area contributed by atoms with E-state index in [1.54, 1.807) is 0 Å². The first kappa shape index (κ1) is 16.7. The summed E-state index contributed by atoms with van der Waals surface area (Å²) in [4.78, 5) is 3.29. The second-order valence-corrected chi connectivity index (χ2v) is 8.59. The van der Waals surface area contributed by atoms with Gasteiger partial charge in [0.1, 0.15) is 11.0 Å². The van der Waals surface area contributed by atoms with Crippen molar-refractivity contribution in [3.63, 3.8) is 0 Å². The molecule has 1 unspecified atom stereocenters. The summed E-state index contributed by atoms with van der Waals surface area (Å²) in [5, 5.41) is 0. The molecule has 1 atom stereocenters. The van der Waals surface area contributed by atoms with Crippen LogP contribution in [0.3, 0.4) is 0 Å². The number of hydrogen-bond donors (Lipinski definition) is 0. The van der Waals surface area contributed by atoms with Gasteiger partial charge in [-0.15, -0.1) is 0 Å². The minimum atomic E-state index is -1.04. The molecule has 0 saturated carbocycles. The van der Waals surface area contributed by atoms with Gasteiger partial charge in [0.15, 0.2) is 0 Å². The highest BCUT2D eigenvalue weighted by Crippen LogP contribution is 2.29. The van der Waals surface area contributed by atoms with E-state index in [2.05, 4.69) is 63.0 Å². The summed E-state index contributed by atoms with van der Waals surface area (Å²) in [6.45, 7) is 14.6. The topological polar surface area (TPSA) is 23.6 Å². The molecular weight excluding hydrogens is 280 g/mol. The maximum Gasteiger partial charge on any atom is 0.128 e. The highest BCUT2D eigenvalue weighted by Gasteiger charge is 2.24. The molecule has 0 amide bonds. The Hall–Kier alpha value is -0.710. The molecule has 0 spiro atoms. The van der Waals surface area contributed by atoms with E-state index < -0.39 is 11.0 Å². The Morgan fingerprint density at radius 2 is 1.48 bits per heavy atom. The van der Waals surface area contributed by atoms with Gasteiger partial charge in [-0.05, 0) is 43.0 Å². The summed E-state index contributed by atoms with van der Waals surface area (Å²) in [6, 6.07) is 4.41. The maximum absolute atomic E-state index is 12.9. The SMILES string of the molecule is Cc1cc(C(C)(C)C)cc(C)c1S(=O)N1CCN(C)CC1. The first-order valence-corrected chi connectivity index (χ1v) is 8.78. The average Bonchev–Trinajstić information content (AvgIpc) is 2.37. The third-order valence-corrected chi connectivity index (χ3v) is 6.03. The number of likely N-dealkylation sites (N-methyl/N-ethyl adjacent to an activating group) is 1. The molecule has 118 valence electrons. The Labute approximate surface area is 131 Å². The van der Waals surface area contributed by atoms with E-state index in [0.29, 0.717) is 0 Å². The molecule has 0 bridgehead atoms. The average molecular weight is 308 g/mol. The van der Waals surface area contributed by atoms with Gasteiger partial charge in [0.2, 0.25) is 0 Å². The maximum atomic E-state index is 12.9. The van der Waals surface area contributed by atoms with Crippen LogP contribution < -0.4 is 0 Å². The molecule has 0 radical (unpaired) electrons. The molecule has 0 aliphatic carbocycles. The summed E-state index contributed by atoms with van der Waals surface area (Å²) in [7, 11) is 1.08. The van der Waals surface area contributed by atoms with E-state index in [1.807, 2.05) is 0 Å². The second kappa shape index (κ2) is 6.19. The fourth-order valence-corrected chi connectivity index (χ4v) is 4.16. The minimum Gasteiger partial charge on any atom is -0.304 e. The van der Waals surface area contributed by atoms with E-state index in [-0.39, 0.29) is 5.41 Å². The van der Waals surface area contributed by atoms with Crippen molar-refractivity contribution in [2.24, 2.45) is 0 Å². The van der Waals surface area contributed by atoms with Crippen LogP contribution in [0.1, 0.15) is 37.5 Å². The van der Waals surface area contributed by atoms with Crippen LogP contribution in [0.4, 0.5) is 0 Å². The lowest BCUT2D eigenvalue weighted by atomic mass is 9.85. The standard InChI is InChI=1S/C17H28N2OS/c1-13-11-15(17(3,4)5)12-14(2)16(13)21(20)19-9-7-18(6)8-10-19/h11-12H,7-10H2,1-6H3. The fraction of sp³-hybridized carbons (Fsp3) is 0.647. The number of rotatable bonds is 2. The molecule has 4 heteroatoms. The van der Waals surface area contributed by atoms with Crippen LogP contribution in [0.15, 0.2) is 17.0 Å². The molecule has 1 aliphatic heterocycles. The van der Waals surface area contributed by atoms with Crippen LogP contribution in [0.25, 0.3) is 0 Å². The summed E-state index contributed by atoms with van der Waals surface area (Å²) in [6.07, 6.45) is 0. The second-order valence-electron chi connectivity index (χ2n) is 7.17. The number of aryl methyl sites for hydroxylation is 2. The zero-order chi connectivity index (χ0) is 15.8. The molecule has 1 aromatic carbocycles. The molecule has 0 N–H and O–H groups in total. The van der Waals surface area contributed by atoms with Gasteiger partial charge in [-0.25, -0.2) is 8.51 Å². The normalized spacial score (nSPS) is 19.7. The molecule has 0 aromatic heterocycles. The predicted molar refractivity (Wildman–Crippen MR) is 90.1 cm³/mol. The predicted octanol–water partition coefficient (Wildman–Crippen LogP) is 2.87. The highest BCUT2D eigenvalue weighted by molar-refractivity contribution is 7.82. The molecule has 21 heavy (non-hydrogen) atoms. The van der Waals surface area contributed by atoms with E-state index in [4.69, 9.17) is 0 Å². The zero-order valence-electron chi connectivity index (χ0n) is 14.2. The van der Waals surface area contributed by atoms with Crippen LogP contribution in [-0.4, -0.2) is 46.6 Å². The summed E-state index contributed by atoms with van der Waals surface area (Å²) in [5.74, 6) is 0. The van der Waals surface area contributed by atoms with Crippen molar-refractivity contribution in [1.82, 2.24) is 9.21 Å². The number of benzene rings is 1. The molecule has 1 aromatic rings. The van der Waals surface area contributed by atoms with Gasteiger partial charge in [-0.3, -0.25) is 0 Å². The molecule has 1 heterocycles. The Morgan fingerprint density at radius 1 is 1.00 bits per heavy atom. The van der Waals surface area contributed by atoms with Gasteiger partial charge < -0.3 is 4.90 Å². The molecule has 1 aliphatic rings. The van der Waals surface area contributed by atoms with Gasteiger partial charge in [0.05, 0.1) is 4.90 Å². The summed E-state index contributed by atoms with van der Waals surface area (Å²) >= 11 is 0. The molecule has 2 rings (SSSR count). The Balaban J connectivity index is 2.30. The van der Waals surface area contributed by atoms with Crippen LogP contribution in [0.2, 0.25) is 0 Å². The number of hydrogen-bond acceptors (Lipinski definition) is 2. The first-order chi connectivity index (χ1) is 9.70. The van der Waals surface area contributed by atoms with Gasteiger partial charge >= 0.3 is 0 Å². The number of piperazine rings is 1. The summed E-state index contributed by atoms with van der Waals surface area (Å²) in [5.41, 5.74) is 3.75. The van der Waals surface area contributed by atoms with E-state index in [9.17, 15) is 4.21 Å². The van der Waals surface area contributed by atoms with Crippen molar-refractivity contribution in [2.45, 2.75) is 44.9 Å². The molecule has 1 fully saturated rings. The third-order valence-electron chi connectivity index (χ3n) is 4.20. The Morgan fingerprint density at radius 3 is 1.90 bits per heavy atom. The van der Waals surface area contributed by atoms with E-state index >= 15 is 0 Å². The minimum absolute atomic E-state index is 0.128. The molecule has 3 nitrogen and oxygen atoms in total. The highest BCUT2D eigenvalue weighted by atomic mass is 32.2. The van der Waals surface area contributed by atoms with Crippen LogP contribution in [0.5, 0.6) is 0 Å². The van der Waals surface area contributed by atoms with E-state index in [1.165, 1.54) is 5.56 Å². The van der Waals surface area contributed by atoms with Crippen molar-refractivity contribution in [1.29, 1.82) is 0 Å². The Bertz CT molecular complexity index is 517. The lowest BCUT2D eigenvalue weighted by Gasteiger charge is -2.32. The van der Waals surface area contributed by atoms with Gasteiger partial charge in [0.25, 0.3) is 0 Å². The Kier molecular flexibility index (Phi) is 4.91. The van der Waals surface area contributed by atoms with Crippen molar-refractivity contribution in [3.8, 4) is 0 Å². The lowest BCUT2D eigenvalue weighted by molar-refractivity contribution is 0.228. The number of nitrogens with zero attached hydrogens (tertiary/aromatic N) is 2. The monoisotopic (exact) mass is 308 g/mol. The van der Waals surface area contributed by atoms with Crippen molar-refractivity contribution < 1.29 is 4.21 Å². The van der Waals surface area contributed by atoms with Crippen molar-refractivity contribution in [3.05, 3.63) is 28.8 Å². The first-order valence-electron chi connectivity index (χ1n) is 7.67. The largest absolute Gasteiger partial charge is 0.304 e. The fourth-order valence-electron chi connectivity index (χ4n) is 2.74. The van der Waals surface area contributed by atoms with Gasteiger partial charge in [0, 0.05) is 26.2 Å². The third kappa shape index (κ3) is 3.74. The van der Waals surface area contributed by atoms with Crippen LogP contribution >= 0.6 is 0 Å². The van der Waals surface area contributed by atoms with E-state index in [0.717, 1.165) is 42.2 Å².